The Hall–Kier alpha value is -1.08. The Kier molecular flexibility index (Phi) is 7.61. The number of hydrogen-bond donors (Lipinski definition) is 1. The van der Waals surface area contributed by atoms with Crippen molar-refractivity contribution < 1.29 is 14.1 Å². The van der Waals surface area contributed by atoms with Crippen molar-refractivity contribution in [3.8, 4) is 0 Å². The average Bonchev–Trinajstić information content (AvgIpc) is 2.81. The number of nitrogens with zero attached hydrogens (tertiary/aromatic N) is 2. The summed E-state index contributed by atoms with van der Waals surface area (Å²) < 4.78 is 10.00. The van der Waals surface area contributed by atoms with Crippen LogP contribution in [0.25, 0.3) is 0 Å². The zero-order valence-corrected chi connectivity index (χ0v) is 13.1. The van der Waals surface area contributed by atoms with Crippen LogP contribution in [0, 0.1) is 5.92 Å². The molecule has 7 heteroatoms. The average molecular weight is 301 g/mol. The van der Waals surface area contributed by atoms with Crippen molar-refractivity contribution in [3.05, 3.63) is 11.7 Å². The zero-order chi connectivity index (χ0) is 15.0. The molecule has 0 saturated carbocycles. The molecule has 0 saturated heterocycles. The normalized spacial score (nSPS) is 12.7. The van der Waals surface area contributed by atoms with Crippen LogP contribution < -0.4 is 5.73 Å². The van der Waals surface area contributed by atoms with Crippen LogP contribution in [-0.2, 0) is 21.7 Å². The van der Waals surface area contributed by atoms with Gasteiger partial charge in [0.1, 0.15) is 6.04 Å². The largest absolute Gasteiger partial charge is 0.465 e. The summed E-state index contributed by atoms with van der Waals surface area (Å²) in [5, 5.41) is 3.92. The van der Waals surface area contributed by atoms with Crippen molar-refractivity contribution in [2.75, 3.05) is 12.4 Å². The minimum absolute atomic E-state index is 0.341. The van der Waals surface area contributed by atoms with E-state index in [-0.39, 0.29) is 5.97 Å². The van der Waals surface area contributed by atoms with Crippen molar-refractivity contribution in [2.45, 2.75) is 45.4 Å². The minimum atomic E-state index is -0.552. The predicted molar refractivity (Wildman–Crippen MR) is 78.2 cm³/mol. The lowest BCUT2D eigenvalue weighted by Gasteiger charge is -2.09. The molecule has 0 aliphatic heterocycles. The molecule has 1 heterocycles. The van der Waals surface area contributed by atoms with Gasteiger partial charge in [-0.3, -0.25) is 4.79 Å². The topological polar surface area (TPSA) is 91.2 Å². The lowest BCUT2D eigenvalue weighted by Crippen LogP contribution is -2.32. The van der Waals surface area contributed by atoms with Gasteiger partial charge in [-0.25, -0.2) is 0 Å². The molecule has 1 unspecified atom stereocenters. The molecular formula is C13H23N3O3S. The second kappa shape index (κ2) is 8.97. The molecule has 0 fully saturated rings. The summed E-state index contributed by atoms with van der Waals surface area (Å²) >= 11 is 1.63. The van der Waals surface area contributed by atoms with Crippen LogP contribution >= 0.6 is 11.8 Å². The second-order valence-corrected chi connectivity index (χ2v) is 6.01. The summed E-state index contributed by atoms with van der Waals surface area (Å²) in [7, 11) is 0. The van der Waals surface area contributed by atoms with Gasteiger partial charge in [0.25, 0.3) is 0 Å². The standard InChI is InChI=1S/C13H23N3O3S/c1-4-18-13(17)10(14)5-6-20-8-11-15-12(19-16-11)7-9(2)3/h9-10H,4-8,14H2,1-3H3. The predicted octanol–water partition coefficient (Wildman–Crippen LogP) is 1.78. The number of rotatable bonds is 9. The number of carbonyl (C=O) groups excluding carboxylic acids is 1. The Morgan fingerprint density at radius 3 is 2.90 bits per heavy atom. The first kappa shape index (κ1) is 17.0. The molecule has 114 valence electrons. The summed E-state index contributed by atoms with van der Waals surface area (Å²) in [6.45, 7) is 6.34. The molecule has 20 heavy (non-hydrogen) atoms. The molecule has 6 nitrogen and oxygen atoms in total. The fourth-order valence-electron chi connectivity index (χ4n) is 1.52. The molecule has 0 aliphatic rings. The number of nitrogens with two attached hydrogens (primary N) is 1. The van der Waals surface area contributed by atoms with Gasteiger partial charge >= 0.3 is 5.97 Å². The summed E-state index contributed by atoms with van der Waals surface area (Å²) in [6, 6.07) is -0.552. The molecule has 1 aromatic heterocycles. The van der Waals surface area contributed by atoms with E-state index >= 15 is 0 Å². The molecule has 0 amide bonds. The van der Waals surface area contributed by atoms with E-state index in [9.17, 15) is 4.79 Å². The summed E-state index contributed by atoms with van der Waals surface area (Å²) in [6.07, 6.45) is 1.38. The molecule has 1 atom stereocenters. The van der Waals surface area contributed by atoms with E-state index in [1.54, 1.807) is 18.7 Å². The van der Waals surface area contributed by atoms with Gasteiger partial charge in [0.15, 0.2) is 5.82 Å². The molecule has 0 aromatic carbocycles. The number of carbonyl (C=O) groups is 1. The van der Waals surface area contributed by atoms with E-state index in [2.05, 4.69) is 24.0 Å². The first-order valence-electron chi connectivity index (χ1n) is 6.84. The maximum Gasteiger partial charge on any atom is 0.322 e. The van der Waals surface area contributed by atoms with Crippen molar-refractivity contribution in [1.29, 1.82) is 0 Å². The van der Waals surface area contributed by atoms with Gasteiger partial charge in [0, 0.05) is 6.42 Å². The molecule has 1 rings (SSSR count). The third kappa shape index (κ3) is 6.38. The van der Waals surface area contributed by atoms with Gasteiger partial charge in [0.2, 0.25) is 5.89 Å². The van der Waals surface area contributed by atoms with Crippen LogP contribution in [0.3, 0.4) is 0 Å². The third-order valence-electron chi connectivity index (χ3n) is 2.49. The van der Waals surface area contributed by atoms with Crippen molar-refractivity contribution in [1.82, 2.24) is 10.1 Å². The van der Waals surface area contributed by atoms with E-state index in [1.807, 2.05) is 0 Å². The SMILES string of the molecule is CCOC(=O)C(N)CCSCc1noc(CC(C)C)n1. The van der Waals surface area contributed by atoms with Crippen molar-refractivity contribution in [3.63, 3.8) is 0 Å². The van der Waals surface area contributed by atoms with Gasteiger partial charge in [-0.2, -0.15) is 16.7 Å². The zero-order valence-electron chi connectivity index (χ0n) is 12.3. The molecule has 0 aliphatic carbocycles. The maximum atomic E-state index is 11.3. The highest BCUT2D eigenvalue weighted by atomic mass is 32.2. The van der Waals surface area contributed by atoms with Gasteiger partial charge in [0.05, 0.1) is 12.4 Å². The maximum absolute atomic E-state index is 11.3. The number of hydrogen-bond acceptors (Lipinski definition) is 7. The Morgan fingerprint density at radius 1 is 1.50 bits per heavy atom. The molecule has 0 spiro atoms. The van der Waals surface area contributed by atoms with Gasteiger partial charge < -0.3 is 15.0 Å². The Morgan fingerprint density at radius 2 is 2.25 bits per heavy atom. The first-order chi connectivity index (χ1) is 9.52. The lowest BCUT2D eigenvalue weighted by molar-refractivity contribution is -0.144. The van der Waals surface area contributed by atoms with Crippen molar-refractivity contribution in [2.24, 2.45) is 11.7 Å². The molecule has 1 aromatic rings. The summed E-state index contributed by atoms with van der Waals surface area (Å²) in [4.78, 5) is 15.6. The van der Waals surface area contributed by atoms with E-state index in [0.29, 0.717) is 36.4 Å². The molecule has 0 bridgehead atoms. The number of ether oxygens (including phenoxy) is 1. The Labute approximate surface area is 123 Å². The third-order valence-corrected chi connectivity index (χ3v) is 3.47. The second-order valence-electron chi connectivity index (χ2n) is 4.90. The van der Waals surface area contributed by atoms with Crippen LogP contribution in [0.4, 0.5) is 0 Å². The Bertz CT molecular complexity index is 409. The van der Waals surface area contributed by atoms with Crippen LogP contribution in [0.1, 0.15) is 38.9 Å². The minimum Gasteiger partial charge on any atom is -0.465 e. The van der Waals surface area contributed by atoms with Gasteiger partial charge in [-0.05, 0) is 25.0 Å². The highest BCUT2D eigenvalue weighted by Crippen LogP contribution is 2.13. The van der Waals surface area contributed by atoms with Crippen LogP contribution in [-0.4, -0.2) is 34.5 Å². The monoisotopic (exact) mass is 301 g/mol. The van der Waals surface area contributed by atoms with E-state index in [0.717, 1.165) is 12.2 Å². The highest BCUT2D eigenvalue weighted by molar-refractivity contribution is 7.98. The highest BCUT2D eigenvalue weighted by Gasteiger charge is 2.14. The van der Waals surface area contributed by atoms with Crippen LogP contribution in [0.2, 0.25) is 0 Å². The van der Waals surface area contributed by atoms with Crippen LogP contribution in [0.15, 0.2) is 4.52 Å². The lowest BCUT2D eigenvalue weighted by atomic mass is 10.1. The quantitative estimate of drug-likeness (QED) is 0.549. The smallest absolute Gasteiger partial charge is 0.322 e. The molecule has 0 radical (unpaired) electrons. The van der Waals surface area contributed by atoms with E-state index in [1.165, 1.54) is 0 Å². The van der Waals surface area contributed by atoms with E-state index in [4.69, 9.17) is 15.0 Å². The van der Waals surface area contributed by atoms with Crippen molar-refractivity contribution >= 4 is 17.7 Å². The molecule has 2 N–H and O–H groups in total. The van der Waals surface area contributed by atoms with Gasteiger partial charge in [-0.1, -0.05) is 19.0 Å². The number of thioether (sulfide) groups is 1. The number of esters is 1. The van der Waals surface area contributed by atoms with E-state index < -0.39 is 6.04 Å². The Balaban J connectivity index is 2.21. The van der Waals surface area contributed by atoms with Crippen LogP contribution in [0.5, 0.6) is 0 Å². The summed E-state index contributed by atoms with van der Waals surface area (Å²) in [5.41, 5.74) is 5.70. The molecular weight excluding hydrogens is 278 g/mol. The fraction of sp³-hybridized carbons (Fsp3) is 0.769. The number of aromatic nitrogens is 2. The summed E-state index contributed by atoms with van der Waals surface area (Å²) in [5.74, 6) is 2.95. The first-order valence-corrected chi connectivity index (χ1v) is 7.99. The fourth-order valence-corrected chi connectivity index (χ4v) is 2.39. The van der Waals surface area contributed by atoms with Gasteiger partial charge in [-0.15, -0.1) is 0 Å².